The van der Waals surface area contributed by atoms with Crippen molar-refractivity contribution < 1.29 is 4.79 Å². The number of likely N-dealkylation sites (N-methyl/N-ethyl adjacent to an activating group) is 1. The van der Waals surface area contributed by atoms with Crippen LogP contribution in [0.2, 0.25) is 0 Å². The van der Waals surface area contributed by atoms with Gasteiger partial charge in [0.05, 0.1) is 6.04 Å². The minimum atomic E-state index is 0.0852. The second kappa shape index (κ2) is 5.85. The Morgan fingerprint density at radius 1 is 1.18 bits per heavy atom. The molecule has 0 aromatic rings. The Hall–Kier alpha value is -0.570. The Bertz CT molecular complexity index is 259. The second-order valence-electron chi connectivity index (χ2n) is 5.71. The number of nitrogens with zero attached hydrogens (tertiary/aromatic N) is 1. The van der Waals surface area contributed by atoms with Gasteiger partial charge >= 0.3 is 0 Å². The molecule has 2 aliphatic rings. The molecule has 0 spiro atoms. The molecule has 0 radical (unpaired) electrons. The summed E-state index contributed by atoms with van der Waals surface area (Å²) in [5.41, 5.74) is 0. The molecule has 0 bridgehead atoms. The van der Waals surface area contributed by atoms with Crippen LogP contribution in [-0.2, 0) is 4.79 Å². The molecule has 1 N–H and O–H groups in total. The molecule has 0 aromatic carbocycles. The van der Waals surface area contributed by atoms with Gasteiger partial charge in [-0.05, 0) is 38.1 Å². The zero-order valence-electron chi connectivity index (χ0n) is 11.2. The van der Waals surface area contributed by atoms with E-state index in [0.717, 1.165) is 31.3 Å². The first-order chi connectivity index (χ1) is 8.24. The van der Waals surface area contributed by atoms with Gasteiger partial charge in [0.2, 0.25) is 5.91 Å². The highest BCUT2D eigenvalue weighted by Crippen LogP contribution is 2.31. The standard InChI is InChI=1S/C14H26N2O/c1-3-11-4-6-12(7-5-11)10-16-9-8-13(15-2)14(16)17/h11-13,15H,3-10H2,1-2H3. The molecule has 1 atom stereocenters. The van der Waals surface area contributed by atoms with Gasteiger partial charge in [-0.3, -0.25) is 4.79 Å². The van der Waals surface area contributed by atoms with Crippen LogP contribution in [0.15, 0.2) is 0 Å². The molecular weight excluding hydrogens is 212 g/mol. The number of hydrogen-bond donors (Lipinski definition) is 1. The van der Waals surface area contributed by atoms with Crippen LogP contribution in [0.4, 0.5) is 0 Å². The maximum atomic E-state index is 12.0. The van der Waals surface area contributed by atoms with Crippen molar-refractivity contribution >= 4 is 5.91 Å². The van der Waals surface area contributed by atoms with E-state index >= 15 is 0 Å². The summed E-state index contributed by atoms with van der Waals surface area (Å²) in [5, 5.41) is 3.11. The van der Waals surface area contributed by atoms with Crippen molar-refractivity contribution in [1.29, 1.82) is 0 Å². The summed E-state index contributed by atoms with van der Waals surface area (Å²) in [6.45, 7) is 4.26. The second-order valence-corrected chi connectivity index (χ2v) is 5.71. The predicted octanol–water partition coefficient (Wildman–Crippen LogP) is 2.02. The molecule has 1 saturated heterocycles. The summed E-state index contributed by atoms with van der Waals surface area (Å²) >= 11 is 0. The van der Waals surface area contributed by atoms with E-state index in [9.17, 15) is 4.79 Å². The number of nitrogens with one attached hydrogen (secondary N) is 1. The van der Waals surface area contributed by atoms with E-state index in [1.807, 2.05) is 7.05 Å². The third kappa shape index (κ3) is 3.01. The molecule has 1 heterocycles. The molecule has 1 aliphatic heterocycles. The Morgan fingerprint density at radius 3 is 2.35 bits per heavy atom. The minimum Gasteiger partial charge on any atom is -0.341 e. The van der Waals surface area contributed by atoms with Gasteiger partial charge in [-0.25, -0.2) is 0 Å². The van der Waals surface area contributed by atoms with E-state index in [1.165, 1.54) is 32.1 Å². The molecule has 1 saturated carbocycles. The normalized spacial score (nSPS) is 34.4. The topological polar surface area (TPSA) is 32.3 Å². The monoisotopic (exact) mass is 238 g/mol. The van der Waals surface area contributed by atoms with E-state index < -0.39 is 0 Å². The Kier molecular flexibility index (Phi) is 4.43. The van der Waals surface area contributed by atoms with Crippen molar-refractivity contribution in [2.45, 2.75) is 51.5 Å². The van der Waals surface area contributed by atoms with E-state index in [0.29, 0.717) is 5.91 Å². The van der Waals surface area contributed by atoms with Crippen molar-refractivity contribution in [2.24, 2.45) is 11.8 Å². The smallest absolute Gasteiger partial charge is 0.239 e. The first-order valence-electron chi connectivity index (χ1n) is 7.20. The SMILES string of the molecule is CCC1CCC(CN2CCC(NC)C2=O)CC1. The third-order valence-corrected chi connectivity index (χ3v) is 4.67. The molecule has 2 fully saturated rings. The Balaban J connectivity index is 1.77. The summed E-state index contributed by atoms with van der Waals surface area (Å²) in [6, 6.07) is 0.0852. The zero-order chi connectivity index (χ0) is 12.3. The first-order valence-corrected chi connectivity index (χ1v) is 7.20. The molecule has 0 aromatic heterocycles. The quantitative estimate of drug-likeness (QED) is 0.812. The Morgan fingerprint density at radius 2 is 1.82 bits per heavy atom. The molecule has 98 valence electrons. The van der Waals surface area contributed by atoms with Crippen LogP contribution in [0.3, 0.4) is 0 Å². The zero-order valence-corrected chi connectivity index (χ0v) is 11.2. The fourth-order valence-corrected chi connectivity index (χ4v) is 3.32. The predicted molar refractivity (Wildman–Crippen MR) is 69.8 cm³/mol. The highest BCUT2D eigenvalue weighted by atomic mass is 16.2. The van der Waals surface area contributed by atoms with Crippen molar-refractivity contribution in [3.63, 3.8) is 0 Å². The van der Waals surface area contributed by atoms with Gasteiger partial charge in [0.1, 0.15) is 0 Å². The van der Waals surface area contributed by atoms with Crippen molar-refractivity contribution in [3.8, 4) is 0 Å². The molecule has 2 rings (SSSR count). The fourth-order valence-electron chi connectivity index (χ4n) is 3.32. The van der Waals surface area contributed by atoms with E-state index in [2.05, 4.69) is 17.1 Å². The summed E-state index contributed by atoms with van der Waals surface area (Å²) in [7, 11) is 1.89. The first kappa shape index (κ1) is 12.9. The number of carbonyl (C=O) groups excluding carboxylic acids is 1. The summed E-state index contributed by atoms with van der Waals surface area (Å²) in [6.07, 6.45) is 7.72. The lowest BCUT2D eigenvalue weighted by molar-refractivity contribution is -0.130. The van der Waals surface area contributed by atoms with Crippen LogP contribution in [0.25, 0.3) is 0 Å². The molecule has 1 aliphatic carbocycles. The highest BCUT2D eigenvalue weighted by Gasteiger charge is 2.32. The van der Waals surface area contributed by atoms with E-state index in [-0.39, 0.29) is 6.04 Å². The molecule has 3 nitrogen and oxygen atoms in total. The largest absolute Gasteiger partial charge is 0.341 e. The summed E-state index contributed by atoms with van der Waals surface area (Å²) < 4.78 is 0. The lowest BCUT2D eigenvalue weighted by Crippen LogP contribution is -2.39. The van der Waals surface area contributed by atoms with Crippen LogP contribution in [0.1, 0.15) is 45.4 Å². The van der Waals surface area contributed by atoms with Crippen LogP contribution < -0.4 is 5.32 Å². The number of rotatable bonds is 4. The van der Waals surface area contributed by atoms with Gasteiger partial charge in [0.25, 0.3) is 0 Å². The third-order valence-electron chi connectivity index (χ3n) is 4.67. The van der Waals surface area contributed by atoms with Crippen molar-refractivity contribution in [2.75, 3.05) is 20.1 Å². The number of amides is 1. The number of hydrogen-bond acceptors (Lipinski definition) is 2. The van der Waals surface area contributed by atoms with E-state index in [1.54, 1.807) is 0 Å². The lowest BCUT2D eigenvalue weighted by Gasteiger charge is -2.30. The van der Waals surface area contributed by atoms with E-state index in [4.69, 9.17) is 0 Å². The number of likely N-dealkylation sites (tertiary alicyclic amines) is 1. The average Bonchev–Trinajstić information content (AvgIpc) is 2.71. The molecule has 17 heavy (non-hydrogen) atoms. The highest BCUT2D eigenvalue weighted by molar-refractivity contribution is 5.83. The molecular formula is C14H26N2O. The van der Waals surface area contributed by atoms with Gasteiger partial charge in [-0.15, -0.1) is 0 Å². The van der Waals surface area contributed by atoms with Gasteiger partial charge in [0, 0.05) is 13.1 Å². The lowest BCUT2D eigenvalue weighted by atomic mass is 9.80. The Labute approximate surface area is 105 Å². The summed E-state index contributed by atoms with van der Waals surface area (Å²) in [5.74, 6) is 2.04. The van der Waals surface area contributed by atoms with Crippen LogP contribution >= 0.6 is 0 Å². The van der Waals surface area contributed by atoms with Crippen LogP contribution in [0.5, 0.6) is 0 Å². The fraction of sp³-hybridized carbons (Fsp3) is 0.929. The van der Waals surface area contributed by atoms with Gasteiger partial charge in [0.15, 0.2) is 0 Å². The van der Waals surface area contributed by atoms with Gasteiger partial charge < -0.3 is 10.2 Å². The van der Waals surface area contributed by atoms with Gasteiger partial charge in [-0.1, -0.05) is 26.2 Å². The van der Waals surface area contributed by atoms with Crippen molar-refractivity contribution in [1.82, 2.24) is 10.2 Å². The molecule has 1 unspecified atom stereocenters. The molecule has 3 heteroatoms. The number of carbonyl (C=O) groups is 1. The molecule has 1 amide bonds. The van der Waals surface area contributed by atoms with Crippen LogP contribution in [-0.4, -0.2) is 37.0 Å². The average molecular weight is 238 g/mol. The maximum Gasteiger partial charge on any atom is 0.239 e. The van der Waals surface area contributed by atoms with Crippen LogP contribution in [0, 0.1) is 11.8 Å². The minimum absolute atomic E-state index is 0.0852. The summed E-state index contributed by atoms with van der Waals surface area (Å²) in [4.78, 5) is 14.1. The van der Waals surface area contributed by atoms with Crippen molar-refractivity contribution in [3.05, 3.63) is 0 Å². The van der Waals surface area contributed by atoms with Gasteiger partial charge in [-0.2, -0.15) is 0 Å². The maximum absolute atomic E-state index is 12.0.